The van der Waals surface area contributed by atoms with Crippen molar-refractivity contribution in [3.8, 4) is 0 Å². The molecule has 95 heavy (non-hydrogen) atoms. The number of aliphatic hydroxyl groups is 11. The van der Waals surface area contributed by atoms with Crippen molar-refractivity contribution >= 4 is 5.91 Å². The van der Waals surface area contributed by atoms with Gasteiger partial charge in [0.25, 0.3) is 0 Å². The monoisotopic (exact) mass is 1340 g/mol. The number of carbonyl (C=O) groups excluding carboxylic acids is 1. The Hall–Kier alpha value is -4.07. The van der Waals surface area contributed by atoms with Crippen molar-refractivity contribution in [3.05, 3.63) is 134 Å². The molecule has 17 atom stereocenters. The van der Waals surface area contributed by atoms with Gasteiger partial charge in [-0.05, 0) is 96.3 Å². The molecule has 19 heteroatoms. The van der Waals surface area contributed by atoms with E-state index in [1.165, 1.54) is 44.9 Å². The molecule has 3 aliphatic heterocycles. The molecule has 0 spiro atoms. The molecule has 1 amide bonds. The van der Waals surface area contributed by atoms with Gasteiger partial charge in [-0.3, -0.25) is 4.79 Å². The minimum atomic E-state index is -1.98. The number of carbonyl (C=O) groups is 1. The van der Waals surface area contributed by atoms with Gasteiger partial charge in [0.05, 0.1) is 38.6 Å². The van der Waals surface area contributed by atoms with E-state index in [0.717, 1.165) is 122 Å². The fourth-order valence-corrected chi connectivity index (χ4v) is 11.2. The second kappa shape index (κ2) is 55.8. The minimum absolute atomic E-state index is 0.235. The topological polar surface area (TPSA) is 307 Å². The molecule has 0 radical (unpaired) electrons. The Morgan fingerprint density at radius 3 is 1.14 bits per heavy atom. The van der Waals surface area contributed by atoms with Gasteiger partial charge in [0.15, 0.2) is 18.9 Å². The summed E-state index contributed by atoms with van der Waals surface area (Å²) in [6.07, 6.45) is 51.2. The number of hydrogen-bond acceptors (Lipinski definition) is 18. The first-order chi connectivity index (χ1) is 46.3. The Bertz CT molecular complexity index is 2240. The minimum Gasteiger partial charge on any atom is -0.394 e. The van der Waals surface area contributed by atoms with Crippen LogP contribution in [0.25, 0.3) is 0 Å². The number of ether oxygens (including phenoxy) is 6. The summed E-state index contributed by atoms with van der Waals surface area (Å²) in [6, 6.07) is -0.906. The molecule has 542 valence electrons. The summed E-state index contributed by atoms with van der Waals surface area (Å²) in [5.74, 6) is -0.269. The van der Waals surface area contributed by atoms with Gasteiger partial charge in [0, 0.05) is 6.42 Å². The van der Waals surface area contributed by atoms with Crippen molar-refractivity contribution in [1.29, 1.82) is 0 Å². The van der Waals surface area contributed by atoms with Gasteiger partial charge >= 0.3 is 0 Å². The molecule has 3 saturated heterocycles. The van der Waals surface area contributed by atoms with Crippen LogP contribution < -0.4 is 5.32 Å². The van der Waals surface area contributed by atoms with Crippen LogP contribution in [0.4, 0.5) is 0 Å². The molecule has 3 rings (SSSR count). The van der Waals surface area contributed by atoms with Crippen molar-refractivity contribution in [3.63, 3.8) is 0 Å². The number of aliphatic hydroxyl groups excluding tert-OH is 11. The van der Waals surface area contributed by atoms with Crippen molar-refractivity contribution in [2.45, 2.75) is 311 Å². The first kappa shape index (κ1) is 85.2. The number of allylic oxidation sites excluding steroid dienone is 22. The van der Waals surface area contributed by atoms with Crippen LogP contribution in [0.3, 0.4) is 0 Å². The van der Waals surface area contributed by atoms with Gasteiger partial charge in [0.2, 0.25) is 5.91 Å². The van der Waals surface area contributed by atoms with Crippen LogP contribution in [-0.4, -0.2) is 193 Å². The molecule has 0 aliphatic carbocycles. The van der Waals surface area contributed by atoms with E-state index in [1.807, 2.05) is 0 Å². The third-order valence-corrected chi connectivity index (χ3v) is 17.0. The van der Waals surface area contributed by atoms with Crippen LogP contribution in [-0.2, 0) is 33.2 Å². The Morgan fingerprint density at radius 1 is 0.389 bits per heavy atom. The van der Waals surface area contributed by atoms with Crippen LogP contribution in [0, 0.1) is 0 Å². The van der Waals surface area contributed by atoms with Crippen molar-refractivity contribution in [2.75, 3.05) is 26.4 Å². The van der Waals surface area contributed by atoms with E-state index in [0.29, 0.717) is 19.3 Å². The standard InChI is InChI=1S/C76H125NO18/c1-3-5-7-9-11-13-15-16-17-18-19-20-21-22-23-24-25-26-27-28-29-30-31-32-33-34-35-36-37-38-39-40-41-42-44-46-48-50-52-54-64(82)77-59(60(81)53-51-49-47-45-43-14-12-10-8-6-4-2)58-90-74-70(88)67(85)72(62(56-79)92-74)95-76-71(89)68(86)73(63(57-80)93-76)94-75-69(87)66(84)65(83)61(55-78)91-75/h5,7,11,13,16-17,19-20,22-23,25-26,28-29,31-32,34-35,37-38,40-41,59-63,65-76,78-81,83-89H,3-4,6,8-10,12,14-15,18,21,24,27,30,33,36,39,42-58H2,1-2H3,(H,77,82)/b7-5-,13-11-,17-16-,20-19-,23-22-,26-25-,29-28-,32-31-,35-34-,38-37-,41-40-. The third-order valence-electron chi connectivity index (χ3n) is 17.0. The van der Waals surface area contributed by atoms with E-state index >= 15 is 0 Å². The highest BCUT2D eigenvalue weighted by molar-refractivity contribution is 5.76. The highest BCUT2D eigenvalue weighted by Crippen LogP contribution is 2.33. The maximum atomic E-state index is 13.4. The molecule has 0 bridgehead atoms. The van der Waals surface area contributed by atoms with Gasteiger partial charge in [-0.15, -0.1) is 0 Å². The van der Waals surface area contributed by atoms with E-state index < -0.39 is 124 Å². The molecule has 3 fully saturated rings. The lowest BCUT2D eigenvalue weighted by molar-refractivity contribution is -0.379. The zero-order valence-electron chi connectivity index (χ0n) is 57.3. The smallest absolute Gasteiger partial charge is 0.220 e. The molecule has 0 saturated carbocycles. The molecule has 3 aliphatic rings. The molecule has 12 N–H and O–H groups in total. The maximum absolute atomic E-state index is 13.4. The Balaban J connectivity index is 1.34. The quantitative estimate of drug-likeness (QED) is 0.0199. The first-order valence-electron chi connectivity index (χ1n) is 35.9. The van der Waals surface area contributed by atoms with Crippen LogP contribution in [0.1, 0.15) is 206 Å². The SMILES string of the molecule is CC/C=C\C/C=C\C/C=C\C/C=C\C/C=C\C/C=C\C/C=C\C/C=C\C/C=C\C/C=C\C/C=C\CCCCCCCC(=O)NC(COC1OC(CO)C(OC2OC(CO)C(OC3OC(CO)C(O)C(O)C3O)C(O)C2O)C(O)C1O)C(O)CCCCCCCCCCCCC. The summed E-state index contributed by atoms with van der Waals surface area (Å²) >= 11 is 0. The number of nitrogens with one attached hydrogen (secondary N) is 1. The average Bonchev–Trinajstić information content (AvgIpc) is 0.787. The molecular formula is C76H125NO18. The molecular weight excluding hydrogens is 1210 g/mol. The fourth-order valence-electron chi connectivity index (χ4n) is 11.2. The lowest BCUT2D eigenvalue weighted by Gasteiger charge is -2.48. The molecule has 17 unspecified atom stereocenters. The summed E-state index contributed by atoms with van der Waals surface area (Å²) in [5, 5.41) is 120. The van der Waals surface area contributed by atoms with E-state index in [-0.39, 0.29) is 18.9 Å². The molecule has 0 aromatic heterocycles. The van der Waals surface area contributed by atoms with Crippen LogP contribution >= 0.6 is 0 Å². The summed E-state index contributed by atoms with van der Waals surface area (Å²) in [5.41, 5.74) is 0. The van der Waals surface area contributed by atoms with E-state index in [4.69, 9.17) is 28.4 Å². The average molecular weight is 1340 g/mol. The highest BCUT2D eigenvalue weighted by Gasteiger charge is 2.53. The largest absolute Gasteiger partial charge is 0.394 e. The predicted molar refractivity (Wildman–Crippen MR) is 373 cm³/mol. The molecule has 0 aromatic carbocycles. The van der Waals surface area contributed by atoms with E-state index in [2.05, 4.69) is 153 Å². The van der Waals surface area contributed by atoms with Gasteiger partial charge < -0.3 is 89.9 Å². The Kier molecular flexibility index (Phi) is 50.0. The van der Waals surface area contributed by atoms with Gasteiger partial charge in [-0.2, -0.15) is 0 Å². The summed E-state index contributed by atoms with van der Waals surface area (Å²) in [7, 11) is 0. The lowest BCUT2D eigenvalue weighted by Crippen LogP contribution is -2.66. The van der Waals surface area contributed by atoms with Crippen LogP contribution in [0.2, 0.25) is 0 Å². The second-order valence-corrected chi connectivity index (χ2v) is 25.0. The molecule has 0 aromatic rings. The lowest BCUT2D eigenvalue weighted by atomic mass is 9.96. The molecule has 3 heterocycles. The zero-order valence-corrected chi connectivity index (χ0v) is 57.3. The Morgan fingerprint density at radius 2 is 0.726 bits per heavy atom. The number of rotatable bonds is 53. The van der Waals surface area contributed by atoms with Gasteiger partial charge in [-0.25, -0.2) is 0 Å². The van der Waals surface area contributed by atoms with Gasteiger partial charge in [0.1, 0.15) is 73.2 Å². The second-order valence-electron chi connectivity index (χ2n) is 25.0. The van der Waals surface area contributed by atoms with Gasteiger partial charge in [-0.1, -0.05) is 237 Å². The first-order valence-corrected chi connectivity index (χ1v) is 35.9. The van der Waals surface area contributed by atoms with Crippen LogP contribution in [0.15, 0.2) is 134 Å². The zero-order chi connectivity index (χ0) is 68.9. The summed E-state index contributed by atoms with van der Waals surface area (Å²) in [4.78, 5) is 13.4. The number of hydrogen-bond donors (Lipinski definition) is 12. The summed E-state index contributed by atoms with van der Waals surface area (Å²) < 4.78 is 34.3. The van der Waals surface area contributed by atoms with Crippen molar-refractivity contribution < 1.29 is 89.4 Å². The normalized spacial score (nSPS) is 28.0. The third kappa shape index (κ3) is 37.1. The summed E-state index contributed by atoms with van der Waals surface area (Å²) in [6.45, 7) is 1.62. The number of amides is 1. The number of unbranched alkanes of at least 4 members (excludes halogenated alkanes) is 15. The van der Waals surface area contributed by atoms with E-state index in [9.17, 15) is 61.0 Å². The van der Waals surface area contributed by atoms with Crippen LogP contribution in [0.5, 0.6) is 0 Å². The van der Waals surface area contributed by atoms with Crippen molar-refractivity contribution in [2.24, 2.45) is 0 Å². The maximum Gasteiger partial charge on any atom is 0.220 e. The Labute approximate surface area is 569 Å². The fraction of sp³-hybridized carbons (Fsp3) is 0.697. The van der Waals surface area contributed by atoms with Crippen molar-refractivity contribution in [1.82, 2.24) is 5.32 Å². The molecule has 19 nitrogen and oxygen atoms in total. The highest BCUT2D eigenvalue weighted by atomic mass is 16.8. The van der Waals surface area contributed by atoms with E-state index in [1.54, 1.807) is 0 Å². The predicted octanol–water partition coefficient (Wildman–Crippen LogP) is 10.2.